The van der Waals surface area contributed by atoms with Crippen molar-refractivity contribution in [2.45, 2.75) is 51.9 Å². The molecule has 0 radical (unpaired) electrons. The molecule has 0 amide bonds. The molecule has 1 unspecified atom stereocenters. The molecule has 2 N–H and O–H groups in total. The first-order valence-corrected chi connectivity index (χ1v) is 13.1. The normalized spacial score (nSPS) is 15.6. The van der Waals surface area contributed by atoms with Crippen LogP contribution >= 0.6 is 11.6 Å². The largest absolute Gasteiger partial charge is 0.507 e. The van der Waals surface area contributed by atoms with Crippen molar-refractivity contribution in [3.05, 3.63) is 111 Å². The summed E-state index contributed by atoms with van der Waals surface area (Å²) in [6, 6.07) is 23.6. The number of aliphatic hydroxyl groups excluding tert-OH is 2. The summed E-state index contributed by atoms with van der Waals surface area (Å²) in [6.07, 6.45) is 1.91. The summed E-state index contributed by atoms with van der Waals surface area (Å²) >= 11 is 6.06. The first-order chi connectivity index (χ1) is 18.4. The predicted octanol–water partition coefficient (Wildman–Crippen LogP) is 6.31. The van der Waals surface area contributed by atoms with E-state index in [-0.39, 0.29) is 11.3 Å². The number of carbonyl (C=O) groups excluding carboxylic acids is 1. The second-order valence-electron chi connectivity index (χ2n) is 9.36. The van der Waals surface area contributed by atoms with E-state index < -0.39 is 18.7 Å². The van der Waals surface area contributed by atoms with Gasteiger partial charge in [0.2, 0.25) is 0 Å². The van der Waals surface area contributed by atoms with Gasteiger partial charge in [0.05, 0.1) is 18.9 Å². The predicted molar refractivity (Wildman–Crippen MR) is 149 cm³/mol. The van der Waals surface area contributed by atoms with Gasteiger partial charge in [-0.05, 0) is 73.6 Å². The maximum absolute atomic E-state index is 12.5. The Kier molecular flexibility index (Phi) is 9.57. The fraction of sp³-hybridized carbons (Fsp3) is 0.290. The van der Waals surface area contributed by atoms with Crippen LogP contribution in [0.15, 0.2) is 89.1 Å². The highest BCUT2D eigenvalue weighted by Gasteiger charge is 2.36. The molecule has 1 heterocycles. The number of nitrogens with zero attached hydrogens (tertiary/aromatic N) is 1. The topological polar surface area (TPSA) is 88.3 Å². The van der Waals surface area contributed by atoms with Gasteiger partial charge in [0.15, 0.2) is 11.9 Å². The van der Waals surface area contributed by atoms with E-state index in [4.69, 9.17) is 26.1 Å². The Labute approximate surface area is 228 Å². The fourth-order valence-corrected chi connectivity index (χ4v) is 4.60. The Bertz CT molecular complexity index is 1330. The maximum atomic E-state index is 12.5. The van der Waals surface area contributed by atoms with Gasteiger partial charge in [-0.2, -0.15) is 0 Å². The summed E-state index contributed by atoms with van der Waals surface area (Å²) < 4.78 is 11.1. The van der Waals surface area contributed by atoms with E-state index in [2.05, 4.69) is 6.07 Å². The van der Waals surface area contributed by atoms with E-state index in [1.165, 1.54) is 0 Å². The van der Waals surface area contributed by atoms with Gasteiger partial charge in [0.25, 0.3) is 0 Å². The summed E-state index contributed by atoms with van der Waals surface area (Å²) in [7, 11) is 0. The molecular weight excluding hydrogens is 502 g/mol. The number of rotatable bonds is 12. The molecule has 0 aliphatic carbocycles. The number of unbranched alkanes of at least 4 members (excludes halogenated alkanes) is 1. The first-order valence-electron chi connectivity index (χ1n) is 12.7. The fourth-order valence-electron chi connectivity index (χ4n) is 4.38. The average molecular weight is 534 g/mol. The van der Waals surface area contributed by atoms with Gasteiger partial charge in [-0.1, -0.05) is 65.7 Å². The van der Waals surface area contributed by atoms with Crippen LogP contribution in [0.2, 0.25) is 5.02 Å². The lowest BCUT2D eigenvalue weighted by Crippen LogP contribution is -2.15. The van der Waals surface area contributed by atoms with Crippen LogP contribution in [-0.4, -0.2) is 34.6 Å². The van der Waals surface area contributed by atoms with Gasteiger partial charge in [-0.3, -0.25) is 4.99 Å². The number of benzene rings is 3. The second kappa shape index (κ2) is 13.3. The van der Waals surface area contributed by atoms with Crippen LogP contribution in [0.1, 0.15) is 41.5 Å². The van der Waals surface area contributed by atoms with Crippen LogP contribution in [0.5, 0.6) is 5.75 Å². The highest BCUT2D eigenvalue weighted by atomic mass is 35.5. The van der Waals surface area contributed by atoms with Crippen LogP contribution in [-0.2, 0) is 29.1 Å². The third-order valence-corrected chi connectivity index (χ3v) is 6.56. The zero-order valence-corrected chi connectivity index (χ0v) is 22.2. The van der Waals surface area contributed by atoms with Crippen molar-refractivity contribution in [3.8, 4) is 5.75 Å². The lowest BCUT2D eigenvalue weighted by atomic mass is 10.0. The van der Waals surface area contributed by atoms with Crippen molar-refractivity contribution in [2.24, 2.45) is 4.99 Å². The zero-order valence-electron chi connectivity index (χ0n) is 21.4. The highest BCUT2D eigenvalue weighted by molar-refractivity contribution is 6.30. The molecular formula is C31H32ClNO5. The molecule has 3 aromatic carbocycles. The Hall–Kier alpha value is -3.61. The number of aliphatic hydroxyl groups is 2. The van der Waals surface area contributed by atoms with Crippen molar-refractivity contribution in [1.29, 1.82) is 0 Å². The van der Waals surface area contributed by atoms with Crippen LogP contribution in [0.4, 0.5) is 0 Å². The summed E-state index contributed by atoms with van der Waals surface area (Å²) in [6.45, 7) is 2.37. The summed E-state index contributed by atoms with van der Waals surface area (Å²) in [5.41, 5.74) is 4.88. The number of aliphatic imine (C=N–C) groups is 1. The Morgan fingerprint density at radius 2 is 1.76 bits per heavy atom. The Morgan fingerprint density at radius 1 is 1.00 bits per heavy atom. The van der Waals surface area contributed by atoms with Crippen LogP contribution in [0.25, 0.3) is 0 Å². The minimum atomic E-state index is -1.03. The molecule has 7 heteroatoms. The lowest BCUT2D eigenvalue weighted by molar-refractivity contribution is -0.141. The van der Waals surface area contributed by atoms with E-state index in [9.17, 15) is 15.0 Å². The van der Waals surface area contributed by atoms with E-state index in [0.717, 1.165) is 47.3 Å². The molecule has 1 atom stereocenters. The summed E-state index contributed by atoms with van der Waals surface area (Å²) in [5, 5.41) is 20.6. The molecule has 0 spiro atoms. The molecule has 4 rings (SSSR count). The zero-order chi connectivity index (χ0) is 26.9. The molecule has 0 aromatic heterocycles. The molecule has 198 valence electrons. The average Bonchev–Trinajstić information content (AvgIpc) is 3.20. The van der Waals surface area contributed by atoms with Gasteiger partial charge in [0, 0.05) is 5.02 Å². The number of ether oxygens (including phenoxy) is 2. The molecule has 38 heavy (non-hydrogen) atoms. The lowest BCUT2D eigenvalue weighted by Gasteiger charge is -2.10. The van der Waals surface area contributed by atoms with Gasteiger partial charge in [0.1, 0.15) is 17.9 Å². The SMILES string of the molecule is Cc1cccc(CN=C(CCCCc2cccc(OCc3cccc(Cl)c3)c2)C2=C(O)C(CO)OC2=O)c1. The third kappa shape index (κ3) is 7.46. The molecule has 3 aromatic rings. The van der Waals surface area contributed by atoms with E-state index in [1.54, 1.807) is 0 Å². The van der Waals surface area contributed by atoms with Crippen molar-refractivity contribution < 1.29 is 24.5 Å². The van der Waals surface area contributed by atoms with Crippen molar-refractivity contribution in [2.75, 3.05) is 6.61 Å². The van der Waals surface area contributed by atoms with Crippen LogP contribution in [0.3, 0.4) is 0 Å². The number of esters is 1. The summed E-state index contributed by atoms with van der Waals surface area (Å²) in [4.78, 5) is 17.2. The van der Waals surface area contributed by atoms with Crippen LogP contribution < -0.4 is 4.74 Å². The number of cyclic esters (lactones) is 1. The molecule has 0 fully saturated rings. The standard InChI is InChI=1S/C31H32ClNO5/c1-21-7-4-10-23(15-21)18-33-27(29-30(35)28(19-34)38-31(29)36)14-3-2-8-22-9-6-13-26(17-22)37-20-24-11-5-12-25(32)16-24/h4-7,9-13,15-17,28,34-35H,2-3,8,14,18-20H2,1H3. The summed E-state index contributed by atoms with van der Waals surface area (Å²) in [5.74, 6) is -0.0964. The number of hydrogen-bond donors (Lipinski definition) is 2. The second-order valence-corrected chi connectivity index (χ2v) is 9.80. The third-order valence-electron chi connectivity index (χ3n) is 6.33. The monoisotopic (exact) mass is 533 g/mol. The minimum Gasteiger partial charge on any atom is -0.507 e. The molecule has 1 aliphatic rings. The molecule has 6 nitrogen and oxygen atoms in total. The van der Waals surface area contributed by atoms with Crippen molar-refractivity contribution in [3.63, 3.8) is 0 Å². The van der Waals surface area contributed by atoms with Crippen molar-refractivity contribution in [1.82, 2.24) is 0 Å². The Balaban J connectivity index is 1.38. The molecule has 0 bridgehead atoms. The van der Waals surface area contributed by atoms with E-state index >= 15 is 0 Å². The van der Waals surface area contributed by atoms with E-state index in [0.29, 0.717) is 30.3 Å². The van der Waals surface area contributed by atoms with E-state index in [1.807, 2.05) is 73.7 Å². The molecule has 1 aliphatic heterocycles. The number of carbonyl (C=O) groups is 1. The maximum Gasteiger partial charge on any atom is 0.344 e. The van der Waals surface area contributed by atoms with Gasteiger partial charge < -0.3 is 19.7 Å². The van der Waals surface area contributed by atoms with Gasteiger partial charge >= 0.3 is 5.97 Å². The highest BCUT2D eigenvalue weighted by Crippen LogP contribution is 2.25. The number of aryl methyl sites for hydroxylation is 2. The van der Waals surface area contributed by atoms with Crippen molar-refractivity contribution >= 4 is 23.3 Å². The smallest absolute Gasteiger partial charge is 0.344 e. The molecule has 0 saturated carbocycles. The first kappa shape index (κ1) is 27.4. The van der Waals surface area contributed by atoms with Crippen LogP contribution in [0, 0.1) is 6.92 Å². The number of hydrogen-bond acceptors (Lipinski definition) is 6. The van der Waals surface area contributed by atoms with Gasteiger partial charge in [-0.15, -0.1) is 0 Å². The Morgan fingerprint density at radius 3 is 2.53 bits per heavy atom. The molecule has 0 saturated heterocycles. The quantitative estimate of drug-likeness (QED) is 0.162. The minimum absolute atomic E-state index is 0.0770. The van der Waals surface area contributed by atoms with Gasteiger partial charge in [-0.25, -0.2) is 4.79 Å². The number of halogens is 1.